The van der Waals surface area contributed by atoms with Gasteiger partial charge in [0.15, 0.2) is 0 Å². The molecule has 0 heterocycles. The molecule has 0 N–H and O–H groups in total. The van der Waals surface area contributed by atoms with Gasteiger partial charge in [0.25, 0.3) is 0 Å². The molecule has 0 spiro atoms. The second kappa shape index (κ2) is 14.3. The predicted molar refractivity (Wildman–Crippen MR) is 115 cm³/mol. The van der Waals surface area contributed by atoms with Crippen molar-refractivity contribution in [2.24, 2.45) is 9.98 Å². The molecule has 27 heavy (non-hydrogen) atoms. The predicted octanol–water partition coefficient (Wildman–Crippen LogP) is 7.69. The van der Waals surface area contributed by atoms with Crippen LogP contribution in [0.4, 0.5) is 11.4 Å². The number of benzene rings is 2. The van der Waals surface area contributed by atoms with Crippen molar-refractivity contribution >= 4 is 22.8 Å². The summed E-state index contributed by atoms with van der Waals surface area (Å²) in [7, 11) is 0. The van der Waals surface area contributed by atoms with Crippen molar-refractivity contribution < 1.29 is 16.5 Å². The molecule has 0 atom stereocenters. The minimum Gasteiger partial charge on any atom is -0.252 e. The van der Waals surface area contributed by atoms with Gasteiger partial charge in [-0.25, -0.2) is 0 Å². The van der Waals surface area contributed by atoms with Gasteiger partial charge in [0.1, 0.15) is 0 Å². The van der Waals surface area contributed by atoms with Gasteiger partial charge in [-0.15, -0.1) is 0 Å². The third kappa shape index (κ3) is 9.15. The Labute approximate surface area is 175 Å². The molecule has 0 bridgehead atoms. The normalized spacial score (nSPS) is 11.9. The van der Waals surface area contributed by atoms with Crippen LogP contribution in [0.15, 0.2) is 70.6 Å². The molecule has 0 unspecified atom stereocenters. The molecule has 0 aliphatic rings. The van der Waals surface area contributed by atoms with E-state index >= 15 is 0 Å². The van der Waals surface area contributed by atoms with Crippen LogP contribution in [0, 0.1) is 0 Å². The number of rotatable bonds is 11. The fourth-order valence-corrected chi connectivity index (χ4v) is 3.00. The number of nitrogens with zero attached hydrogens (tertiary/aromatic N) is 2. The summed E-state index contributed by atoms with van der Waals surface area (Å²) in [6, 6.07) is 20.5. The fraction of sp³-hybridized carbons (Fsp3) is 0.417. The van der Waals surface area contributed by atoms with Crippen LogP contribution in [0.2, 0.25) is 0 Å². The summed E-state index contributed by atoms with van der Waals surface area (Å²) in [6.45, 7) is 4.43. The summed E-state index contributed by atoms with van der Waals surface area (Å²) in [4.78, 5) is 9.83. The van der Waals surface area contributed by atoms with E-state index in [1.807, 2.05) is 36.4 Å². The van der Waals surface area contributed by atoms with Gasteiger partial charge in [-0.05, 0) is 43.5 Å². The van der Waals surface area contributed by atoms with Crippen molar-refractivity contribution in [1.29, 1.82) is 0 Å². The Morgan fingerprint density at radius 1 is 0.630 bits per heavy atom. The van der Waals surface area contributed by atoms with Crippen LogP contribution in [0.3, 0.4) is 0 Å². The SMILES string of the molecule is CCCCCCCCC(=Nc1ccccc1)C(CC)=Nc1ccccc1.[Ni]. The van der Waals surface area contributed by atoms with Gasteiger partial charge in [-0.3, -0.25) is 9.98 Å². The van der Waals surface area contributed by atoms with Gasteiger partial charge < -0.3 is 0 Å². The minimum absolute atomic E-state index is 0. The van der Waals surface area contributed by atoms with E-state index in [0.29, 0.717) is 0 Å². The van der Waals surface area contributed by atoms with E-state index < -0.39 is 0 Å². The standard InChI is InChI=1S/C24H32N2.Ni/c1-3-5-6-7-8-15-20-24(26-22-18-13-10-14-19-22)23(4-2)25-21-16-11-9-12-17-21;/h9-14,16-19H,3-8,15,20H2,1-2H3;. The summed E-state index contributed by atoms with van der Waals surface area (Å²) in [5, 5.41) is 0. The number of para-hydroxylation sites is 2. The van der Waals surface area contributed by atoms with Crippen molar-refractivity contribution in [3.8, 4) is 0 Å². The Hall–Kier alpha value is -1.73. The summed E-state index contributed by atoms with van der Waals surface area (Å²) in [5.41, 5.74) is 4.27. The van der Waals surface area contributed by atoms with Crippen LogP contribution in [0.5, 0.6) is 0 Å². The van der Waals surface area contributed by atoms with Gasteiger partial charge in [0.2, 0.25) is 0 Å². The zero-order chi connectivity index (χ0) is 18.5. The molecule has 0 radical (unpaired) electrons. The number of unbranched alkanes of at least 4 members (excludes halogenated alkanes) is 5. The van der Waals surface area contributed by atoms with Crippen molar-refractivity contribution in [3.63, 3.8) is 0 Å². The third-order valence-corrected chi connectivity index (χ3v) is 4.48. The van der Waals surface area contributed by atoms with E-state index in [9.17, 15) is 0 Å². The topological polar surface area (TPSA) is 24.7 Å². The third-order valence-electron chi connectivity index (χ3n) is 4.48. The second-order valence-corrected chi connectivity index (χ2v) is 6.66. The summed E-state index contributed by atoms with van der Waals surface area (Å²) in [5.74, 6) is 0. The minimum atomic E-state index is 0. The number of hydrogen-bond donors (Lipinski definition) is 0. The molecule has 2 nitrogen and oxygen atoms in total. The van der Waals surface area contributed by atoms with Crippen LogP contribution in [0.25, 0.3) is 0 Å². The molecule has 0 aromatic heterocycles. The van der Waals surface area contributed by atoms with Crippen molar-refractivity contribution in [1.82, 2.24) is 0 Å². The molecule has 2 rings (SSSR count). The zero-order valence-electron chi connectivity index (χ0n) is 16.6. The zero-order valence-corrected chi connectivity index (χ0v) is 17.6. The van der Waals surface area contributed by atoms with Gasteiger partial charge >= 0.3 is 0 Å². The number of aliphatic imine (C=N–C) groups is 2. The van der Waals surface area contributed by atoms with Crippen LogP contribution in [-0.4, -0.2) is 11.4 Å². The maximum Gasteiger partial charge on any atom is 0.0633 e. The first-order valence-electron chi connectivity index (χ1n) is 10.1. The quantitative estimate of drug-likeness (QED) is 0.207. The molecular formula is C24H32N2Ni. The summed E-state index contributed by atoms with van der Waals surface area (Å²) in [6.07, 6.45) is 9.67. The van der Waals surface area contributed by atoms with Crippen LogP contribution >= 0.6 is 0 Å². The van der Waals surface area contributed by atoms with Gasteiger partial charge in [-0.1, -0.05) is 82.3 Å². The average molecular weight is 407 g/mol. The molecule has 0 aliphatic carbocycles. The summed E-state index contributed by atoms with van der Waals surface area (Å²) < 4.78 is 0. The molecule has 0 saturated heterocycles. The first-order valence-corrected chi connectivity index (χ1v) is 10.1. The van der Waals surface area contributed by atoms with Crippen LogP contribution < -0.4 is 0 Å². The maximum atomic E-state index is 4.95. The van der Waals surface area contributed by atoms with E-state index in [4.69, 9.17) is 9.98 Å². The molecule has 0 fully saturated rings. The molecule has 0 saturated carbocycles. The van der Waals surface area contributed by atoms with Crippen LogP contribution in [-0.2, 0) is 16.5 Å². The van der Waals surface area contributed by atoms with Crippen molar-refractivity contribution in [2.45, 2.75) is 65.2 Å². The molecule has 0 aliphatic heterocycles. The van der Waals surface area contributed by atoms with Gasteiger partial charge in [-0.2, -0.15) is 0 Å². The van der Waals surface area contributed by atoms with Gasteiger partial charge in [0.05, 0.1) is 22.8 Å². The Kier molecular flexibility index (Phi) is 12.4. The molecular weight excluding hydrogens is 375 g/mol. The van der Waals surface area contributed by atoms with E-state index in [1.54, 1.807) is 0 Å². The second-order valence-electron chi connectivity index (χ2n) is 6.66. The Balaban J connectivity index is 0.00000364. The Morgan fingerprint density at radius 3 is 1.63 bits per heavy atom. The monoisotopic (exact) mass is 406 g/mol. The molecule has 2 aromatic carbocycles. The van der Waals surface area contributed by atoms with Gasteiger partial charge in [0, 0.05) is 16.5 Å². The Bertz CT molecular complexity index is 678. The van der Waals surface area contributed by atoms with Crippen molar-refractivity contribution in [2.75, 3.05) is 0 Å². The van der Waals surface area contributed by atoms with E-state index in [-0.39, 0.29) is 16.5 Å². The van der Waals surface area contributed by atoms with E-state index in [2.05, 4.69) is 38.1 Å². The summed E-state index contributed by atoms with van der Waals surface area (Å²) >= 11 is 0. The maximum absolute atomic E-state index is 4.95. The van der Waals surface area contributed by atoms with E-state index in [0.717, 1.165) is 35.6 Å². The number of hydrogen-bond acceptors (Lipinski definition) is 2. The molecule has 0 amide bonds. The molecule has 148 valence electrons. The Morgan fingerprint density at radius 2 is 1.11 bits per heavy atom. The fourth-order valence-electron chi connectivity index (χ4n) is 3.00. The average Bonchev–Trinajstić information content (AvgIpc) is 2.69. The first-order chi connectivity index (χ1) is 12.8. The smallest absolute Gasteiger partial charge is 0.0633 e. The molecule has 3 heteroatoms. The van der Waals surface area contributed by atoms with E-state index in [1.165, 1.54) is 38.5 Å². The molecule has 2 aromatic rings. The largest absolute Gasteiger partial charge is 0.252 e. The first kappa shape index (κ1) is 23.3. The van der Waals surface area contributed by atoms with Crippen LogP contribution in [0.1, 0.15) is 65.2 Å². The van der Waals surface area contributed by atoms with Crippen molar-refractivity contribution in [3.05, 3.63) is 60.7 Å².